The predicted molar refractivity (Wildman–Crippen MR) is 102 cm³/mol. The summed E-state index contributed by atoms with van der Waals surface area (Å²) in [6.07, 6.45) is 4.91. The van der Waals surface area contributed by atoms with Gasteiger partial charge in [0.05, 0.1) is 16.9 Å². The lowest BCUT2D eigenvalue weighted by Gasteiger charge is -2.27. The quantitative estimate of drug-likeness (QED) is 0.755. The number of fused-ring (bicyclic) bond motifs is 3. The van der Waals surface area contributed by atoms with Gasteiger partial charge in [-0.3, -0.25) is 9.78 Å². The van der Waals surface area contributed by atoms with Gasteiger partial charge in [0.1, 0.15) is 0 Å². The van der Waals surface area contributed by atoms with Crippen molar-refractivity contribution in [3.05, 3.63) is 47.9 Å². The summed E-state index contributed by atoms with van der Waals surface area (Å²) in [5.41, 5.74) is 2.90. The average Bonchev–Trinajstić information content (AvgIpc) is 3.19. The van der Waals surface area contributed by atoms with Crippen molar-refractivity contribution in [2.75, 3.05) is 13.1 Å². The van der Waals surface area contributed by atoms with Gasteiger partial charge in [0, 0.05) is 30.2 Å². The predicted octanol–water partition coefficient (Wildman–Crippen LogP) is 2.09. The monoisotopic (exact) mass is 362 g/mol. The Morgan fingerprint density at radius 1 is 1.15 bits per heavy atom. The molecule has 2 aliphatic rings. The molecule has 2 aliphatic heterocycles. The van der Waals surface area contributed by atoms with E-state index >= 15 is 0 Å². The van der Waals surface area contributed by atoms with Crippen LogP contribution < -0.4 is 5.32 Å². The smallest absolute Gasteiger partial charge is 0.276 e. The highest BCUT2D eigenvalue weighted by molar-refractivity contribution is 5.94. The average molecular weight is 362 g/mol. The number of aromatic nitrogens is 4. The Hall–Kier alpha value is -2.80. The van der Waals surface area contributed by atoms with Gasteiger partial charge in [0.15, 0.2) is 5.69 Å². The molecule has 3 aromatic rings. The third-order valence-corrected chi connectivity index (χ3v) is 5.83. The first-order valence-electron chi connectivity index (χ1n) is 9.54. The van der Waals surface area contributed by atoms with Crippen LogP contribution in [0.2, 0.25) is 0 Å². The Labute approximate surface area is 157 Å². The number of para-hydroxylation sites is 1. The molecule has 2 saturated heterocycles. The number of carbonyl (C=O) groups is 1. The number of pyridine rings is 1. The molecule has 1 amide bonds. The molecule has 7 nitrogen and oxygen atoms in total. The van der Waals surface area contributed by atoms with Crippen molar-refractivity contribution >= 4 is 16.8 Å². The number of nitrogens with one attached hydrogen (secondary N) is 1. The number of hydrogen-bond donors (Lipinski definition) is 1. The lowest BCUT2D eigenvalue weighted by Crippen LogP contribution is -2.43. The number of hydrogen-bond acceptors (Lipinski definition) is 5. The molecule has 1 N–H and O–H groups in total. The standard InChI is InChI=1S/C20H22N6O/c1-13-18(20(27)25-15-7-8-16(25)12-21-11-9-15)23-24-26(13)17-6-2-4-14-5-3-10-22-19(14)17/h2-6,10,15-16,21H,7-9,11-12H2,1H3. The summed E-state index contributed by atoms with van der Waals surface area (Å²) in [6, 6.07) is 10.5. The molecule has 27 heavy (non-hydrogen) atoms. The van der Waals surface area contributed by atoms with Crippen LogP contribution in [-0.2, 0) is 0 Å². The summed E-state index contributed by atoms with van der Waals surface area (Å²) in [6.45, 7) is 3.74. The Morgan fingerprint density at radius 2 is 2.00 bits per heavy atom. The van der Waals surface area contributed by atoms with E-state index in [4.69, 9.17) is 0 Å². The summed E-state index contributed by atoms with van der Waals surface area (Å²) in [4.78, 5) is 19.9. The first kappa shape index (κ1) is 16.4. The third-order valence-electron chi connectivity index (χ3n) is 5.83. The van der Waals surface area contributed by atoms with E-state index in [0.29, 0.717) is 11.7 Å². The summed E-state index contributed by atoms with van der Waals surface area (Å²) < 4.78 is 1.74. The van der Waals surface area contributed by atoms with Crippen molar-refractivity contribution in [1.82, 2.24) is 30.2 Å². The van der Waals surface area contributed by atoms with E-state index in [2.05, 4.69) is 20.6 Å². The minimum Gasteiger partial charge on any atom is -0.330 e. The van der Waals surface area contributed by atoms with Crippen molar-refractivity contribution in [2.24, 2.45) is 0 Å². The van der Waals surface area contributed by atoms with Gasteiger partial charge >= 0.3 is 0 Å². The first-order chi connectivity index (χ1) is 13.2. The normalized spacial score (nSPS) is 22.2. The highest BCUT2D eigenvalue weighted by Gasteiger charge is 2.40. The zero-order valence-corrected chi connectivity index (χ0v) is 15.3. The molecule has 0 saturated carbocycles. The lowest BCUT2D eigenvalue weighted by atomic mass is 10.1. The van der Waals surface area contributed by atoms with Crippen LogP contribution in [0.5, 0.6) is 0 Å². The molecule has 0 radical (unpaired) electrons. The molecule has 138 valence electrons. The van der Waals surface area contributed by atoms with Crippen molar-refractivity contribution < 1.29 is 4.79 Å². The van der Waals surface area contributed by atoms with Gasteiger partial charge in [-0.25, -0.2) is 4.68 Å². The van der Waals surface area contributed by atoms with Crippen LogP contribution in [0.4, 0.5) is 0 Å². The summed E-state index contributed by atoms with van der Waals surface area (Å²) >= 11 is 0. The van der Waals surface area contributed by atoms with E-state index in [-0.39, 0.29) is 11.9 Å². The topological polar surface area (TPSA) is 75.9 Å². The Balaban J connectivity index is 1.55. The molecule has 4 heterocycles. The molecular weight excluding hydrogens is 340 g/mol. The summed E-state index contributed by atoms with van der Waals surface area (Å²) in [5, 5.41) is 13.1. The second-order valence-corrected chi connectivity index (χ2v) is 7.38. The zero-order chi connectivity index (χ0) is 18.4. The van der Waals surface area contributed by atoms with Gasteiger partial charge in [-0.2, -0.15) is 0 Å². The number of nitrogens with zero attached hydrogens (tertiary/aromatic N) is 5. The molecule has 0 aliphatic carbocycles. The fourth-order valence-electron chi connectivity index (χ4n) is 4.45. The Kier molecular flexibility index (Phi) is 3.89. The number of carbonyl (C=O) groups excluding carboxylic acids is 1. The summed E-state index contributed by atoms with van der Waals surface area (Å²) in [7, 11) is 0. The zero-order valence-electron chi connectivity index (χ0n) is 15.3. The molecule has 2 bridgehead atoms. The van der Waals surface area contributed by atoms with Crippen molar-refractivity contribution in [2.45, 2.75) is 38.3 Å². The van der Waals surface area contributed by atoms with Crippen LogP contribution in [0, 0.1) is 6.92 Å². The molecular formula is C20H22N6O. The van der Waals surface area contributed by atoms with E-state index in [1.165, 1.54) is 0 Å². The molecule has 5 rings (SSSR count). The fraction of sp³-hybridized carbons (Fsp3) is 0.400. The molecule has 2 aromatic heterocycles. The maximum absolute atomic E-state index is 13.3. The number of rotatable bonds is 2. The minimum absolute atomic E-state index is 0.00291. The maximum atomic E-state index is 13.3. The molecule has 2 fully saturated rings. The minimum atomic E-state index is 0.00291. The molecule has 7 heteroatoms. The van der Waals surface area contributed by atoms with Crippen molar-refractivity contribution in [1.29, 1.82) is 0 Å². The third kappa shape index (κ3) is 2.61. The number of benzene rings is 1. The van der Waals surface area contributed by atoms with E-state index in [0.717, 1.165) is 54.6 Å². The van der Waals surface area contributed by atoms with Gasteiger partial charge in [-0.05, 0) is 44.9 Å². The Morgan fingerprint density at radius 3 is 2.93 bits per heavy atom. The first-order valence-corrected chi connectivity index (χ1v) is 9.54. The number of amides is 1. The lowest BCUT2D eigenvalue weighted by molar-refractivity contribution is 0.0673. The fourth-order valence-corrected chi connectivity index (χ4v) is 4.45. The van der Waals surface area contributed by atoms with E-state index in [1.807, 2.05) is 42.2 Å². The second-order valence-electron chi connectivity index (χ2n) is 7.38. The van der Waals surface area contributed by atoms with Gasteiger partial charge < -0.3 is 10.2 Å². The van der Waals surface area contributed by atoms with Crippen LogP contribution >= 0.6 is 0 Å². The van der Waals surface area contributed by atoms with Crippen LogP contribution in [0.3, 0.4) is 0 Å². The van der Waals surface area contributed by atoms with Gasteiger partial charge in [0.2, 0.25) is 0 Å². The van der Waals surface area contributed by atoms with Crippen LogP contribution in [0.15, 0.2) is 36.5 Å². The van der Waals surface area contributed by atoms with Crippen LogP contribution in [0.25, 0.3) is 16.6 Å². The van der Waals surface area contributed by atoms with Gasteiger partial charge in [-0.1, -0.05) is 23.4 Å². The van der Waals surface area contributed by atoms with Crippen molar-refractivity contribution in [3.8, 4) is 5.69 Å². The van der Waals surface area contributed by atoms with Crippen molar-refractivity contribution in [3.63, 3.8) is 0 Å². The van der Waals surface area contributed by atoms with Crippen LogP contribution in [0.1, 0.15) is 35.4 Å². The van der Waals surface area contributed by atoms with E-state index < -0.39 is 0 Å². The molecule has 1 aromatic carbocycles. The van der Waals surface area contributed by atoms with E-state index in [9.17, 15) is 4.79 Å². The van der Waals surface area contributed by atoms with Crippen LogP contribution in [-0.4, -0.2) is 56.0 Å². The molecule has 0 spiro atoms. The maximum Gasteiger partial charge on any atom is 0.276 e. The molecule has 2 atom stereocenters. The van der Waals surface area contributed by atoms with E-state index in [1.54, 1.807) is 10.9 Å². The molecule has 2 unspecified atom stereocenters. The Bertz CT molecular complexity index is 993. The van der Waals surface area contributed by atoms with Gasteiger partial charge in [-0.15, -0.1) is 5.10 Å². The second kappa shape index (κ2) is 6.42. The highest BCUT2D eigenvalue weighted by Crippen LogP contribution is 2.30. The highest BCUT2D eigenvalue weighted by atomic mass is 16.2. The summed E-state index contributed by atoms with van der Waals surface area (Å²) in [5.74, 6) is 0.00291. The largest absolute Gasteiger partial charge is 0.330 e. The SMILES string of the molecule is Cc1c(C(=O)N2C3CCNCC2CC3)nnn1-c1cccc2cccnc12. The van der Waals surface area contributed by atoms with Gasteiger partial charge in [0.25, 0.3) is 5.91 Å².